The van der Waals surface area contributed by atoms with E-state index in [2.05, 4.69) is 63.5 Å². The minimum absolute atomic E-state index is 0.508. The van der Waals surface area contributed by atoms with E-state index in [1.165, 1.54) is 24.0 Å². The van der Waals surface area contributed by atoms with Crippen LogP contribution in [0.5, 0.6) is 5.75 Å². The summed E-state index contributed by atoms with van der Waals surface area (Å²) in [6, 6.07) is 8.98. The highest BCUT2D eigenvalue weighted by atomic mass is 79.9. The molecule has 0 radical (unpaired) electrons. The minimum Gasteiger partial charge on any atom is -0.496 e. The van der Waals surface area contributed by atoms with Crippen LogP contribution in [-0.2, 0) is 6.54 Å². The van der Waals surface area contributed by atoms with Crippen molar-refractivity contribution in [3.05, 3.63) is 52.3 Å². The summed E-state index contributed by atoms with van der Waals surface area (Å²) in [5.74, 6) is 1.69. The average molecular weight is 349 g/mol. The van der Waals surface area contributed by atoms with Crippen molar-refractivity contribution in [3.8, 4) is 5.75 Å². The number of aromatic nitrogens is 1. The fourth-order valence-corrected chi connectivity index (χ4v) is 3.45. The molecule has 1 heterocycles. The van der Waals surface area contributed by atoms with Gasteiger partial charge in [-0.05, 0) is 71.1 Å². The number of nitrogens with one attached hydrogen (secondary N) is 1. The Labute approximate surface area is 134 Å². The van der Waals surface area contributed by atoms with Crippen LogP contribution in [0.25, 0.3) is 0 Å². The van der Waals surface area contributed by atoms with Gasteiger partial charge in [-0.3, -0.25) is 0 Å². The quantitative estimate of drug-likeness (QED) is 0.854. The van der Waals surface area contributed by atoms with E-state index in [0.29, 0.717) is 6.04 Å². The Hall–Kier alpha value is -1.26. The Bertz CT molecular complexity index is 619. The van der Waals surface area contributed by atoms with Crippen LogP contribution in [0.15, 0.2) is 41.1 Å². The van der Waals surface area contributed by atoms with Crippen LogP contribution in [0.4, 0.5) is 0 Å². The van der Waals surface area contributed by atoms with Gasteiger partial charge in [0.05, 0.1) is 11.6 Å². The lowest BCUT2D eigenvalue weighted by atomic mass is 10.1. The molecule has 1 saturated carbocycles. The highest BCUT2D eigenvalue weighted by Gasteiger charge is 2.31. The number of halogens is 1. The highest BCUT2D eigenvalue weighted by molar-refractivity contribution is 9.10. The first-order valence-electron chi connectivity index (χ1n) is 7.36. The van der Waals surface area contributed by atoms with Crippen LogP contribution in [0.3, 0.4) is 0 Å². The van der Waals surface area contributed by atoms with Gasteiger partial charge in [0, 0.05) is 25.0 Å². The first kappa shape index (κ1) is 14.7. The van der Waals surface area contributed by atoms with Crippen LogP contribution in [0.1, 0.15) is 30.0 Å². The van der Waals surface area contributed by atoms with Gasteiger partial charge in [0.2, 0.25) is 0 Å². The number of hydrogen-bond donors (Lipinski definition) is 1. The van der Waals surface area contributed by atoms with Crippen LogP contribution in [0, 0.1) is 5.92 Å². The van der Waals surface area contributed by atoms with E-state index < -0.39 is 0 Å². The molecule has 0 aliphatic heterocycles. The van der Waals surface area contributed by atoms with Crippen molar-refractivity contribution in [2.45, 2.75) is 25.4 Å². The molecular formula is C17H21BrN2O. The van der Waals surface area contributed by atoms with Crippen molar-refractivity contribution in [1.82, 2.24) is 9.88 Å². The summed E-state index contributed by atoms with van der Waals surface area (Å²) in [5, 5.41) is 3.44. The molecule has 21 heavy (non-hydrogen) atoms. The van der Waals surface area contributed by atoms with Crippen molar-refractivity contribution < 1.29 is 4.74 Å². The molecule has 1 aliphatic carbocycles. The number of rotatable bonds is 6. The van der Waals surface area contributed by atoms with Gasteiger partial charge in [-0.2, -0.15) is 0 Å². The molecule has 1 aromatic heterocycles. The molecule has 0 saturated heterocycles. The largest absolute Gasteiger partial charge is 0.496 e. The number of ether oxygens (including phenoxy) is 1. The summed E-state index contributed by atoms with van der Waals surface area (Å²) in [7, 11) is 3.74. The summed E-state index contributed by atoms with van der Waals surface area (Å²) in [5.41, 5.74) is 2.66. The second-order valence-corrected chi connectivity index (χ2v) is 6.54. The van der Waals surface area contributed by atoms with E-state index in [1.54, 1.807) is 7.11 Å². The van der Waals surface area contributed by atoms with Gasteiger partial charge in [0.25, 0.3) is 0 Å². The zero-order valence-electron chi connectivity index (χ0n) is 12.5. The first-order chi connectivity index (χ1) is 10.2. The Morgan fingerprint density at radius 3 is 2.81 bits per heavy atom. The lowest BCUT2D eigenvalue weighted by Gasteiger charge is -2.13. The number of methoxy groups -OCH3 is 1. The third-order valence-electron chi connectivity index (χ3n) is 4.12. The summed E-state index contributed by atoms with van der Waals surface area (Å²) in [6.45, 7) is 0.879. The number of benzene rings is 1. The molecule has 1 aromatic carbocycles. The van der Waals surface area contributed by atoms with Crippen LogP contribution < -0.4 is 10.1 Å². The normalized spacial score (nSPS) is 16.0. The first-order valence-corrected chi connectivity index (χ1v) is 8.16. The standard InChI is InChI=1S/C17H21BrN2O/c1-19-17(13-4-5-13)14-7-8-20(11-14)10-12-3-6-16(21-2)15(18)9-12/h3,6-9,11,13,17,19H,4-5,10H2,1-2H3. The number of hydrogen-bond acceptors (Lipinski definition) is 2. The molecule has 112 valence electrons. The minimum atomic E-state index is 0.508. The average Bonchev–Trinajstić information content (AvgIpc) is 3.20. The topological polar surface area (TPSA) is 26.2 Å². The Balaban J connectivity index is 1.73. The van der Waals surface area contributed by atoms with E-state index in [4.69, 9.17) is 4.74 Å². The van der Waals surface area contributed by atoms with Crippen molar-refractivity contribution in [2.75, 3.05) is 14.2 Å². The fraction of sp³-hybridized carbons (Fsp3) is 0.412. The molecular weight excluding hydrogens is 328 g/mol. The van der Waals surface area contributed by atoms with Gasteiger partial charge < -0.3 is 14.6 Å². The third-order valence-corrected chi connectivity index (χ3v) is 4.74. The monoisotopic (exact) mass is 348 g/mol. The lowest BCUT2D eigenvalue weighted by molar-refractivity contribution is 0.412. The molecule has 1 unspecified atom stereocenters. The van der Waals surface area contributed by atoms with E-state index in [-0.39, 0.29) is 0 Å². The summed E-state index contributed by atoms with van der Waals surface area (Å²) in [4.78, 5) is 0. The fourth-order valence-electron chi connectivity index (χ4n) is 2.86. The van der Waals surface area contributed by atoms with Crippen LogP contribution in [-0.4, -0.2) is 18.7 Å². The Kier molecular flexibility index (Phi) is 4.36. The van der Waals surface area contributed by atoms with E-state index >= 15 is 0 Å². The van der Waals surface area contributed by atoms with Gasteiger partial charge in [-0.15, -0.1) is 0 Å². The zero-order valence-corrected chi connectivity index (χ0v) is 14.1. The smallest absolute Gasteiger partial charge is 0.133 e. The summed E-state index contributed by atoms with van der Waals surface area (Å²) >= 11 is 3.54. The summed E-state index contributed by atoms with van der Waals surface area (Å²) < 4.78 is 8.52. The van der Waals surface area contributed by atoms with Gasteiger partial charge >= 0.3 is 0 Å². The molecule has 1 fully saturated rings. The van der Waals surface area contributed by atoms with Crippen molar-refractivity contribution in [2.24, 2.45) is 5.92 Å². The molecule has 1 aliphatic rings. The van der Waals surface area contributed by atoms with Crippen LogP contribution in [0.2, 0.25) is 0 Å². The van der Waals surface area contributed by atoms with E-state index in [9.17, 15) is 0 Å². The molecule has 0 amide bonds. The van der Waals surface area contributed by atoms with E-state index in [1.807, 2.05) is 6.07 Å². The van der Waals surface area contributed by atoms with Crippen molar-refractivity contribution >= 4 is 15.9 Å². The maximum absolute atomic E-state index is 5.27. The zero-order chi connectivity index (χ0) is 14.8. The Morgan fingerprint density at radius 1 is 1.38 bits per heavy atom. The molecule has 3 nitrogen and oxygen atoms in total. The van der Waals surface area contributed by atoms with Crippen molar-refractivity contribution in [3.63, 3.8) is 0 Å². The lowest BCUT2D eigenvalue weighted by Crippen LogP contribution is -2.17. The molecule has 4 heteroatoms. The van der Waals surface area contributed by atoms with Gasteiger partial charge in [0.15, 0.2) is 0 Å². The van der Waals surface area contributed by atoms with Gasteiger partial charge in [-0.1, -0.05) is 6.07 Å². The van der Waals surface area contributed by atoms with Crippen LogP contribution >= 0.6 is 15.9 Å². The number of nitrogens with zero attached hydrogens (tertiary/aromatic N) is 1. The van der Waals surface area contributed by atoms with Gasteiger partial charge in [-0.25, -0.2) is 0 Å². The SMILES string of the molecule is CNC(c1ccn(Cc2ccc(OC)c(Br)c2)c1)C1CC1. The second kappa shape index (κ2) is 6.24. The predicted molar refractivity (Wildman–Crippen MR) is 88.8 cm³/mol. The maximum Gasteiger partial charge on any atom is 0.133 e. The molecule has 0 spiro atoms. The maximum atomic E-state index is 5.27. The Morgan fingerprint density at radius 2 is 2.19 bits per heavy atom. The molecule has 2 aromatic rings. The van der Waals surface area contributed by atoms with E-state index in [0.717, 1.165) is 22.7 Å². The molecule has 1 N–H and O–H groups in total. The molecule has 1 atom stereocenters. The van der Waals surface area contributed by atoms with Gasteiger partial charge in [0.1, 0.15) is 5.75 Å². The third kappa shape index (κ3) is 3.33. The predicted octanol–water partition coefficient (Wildman–Crippen LogP) is 3.98. The highest BCUT2D eigenvalue weighted by Crippen LogP contribution is 2.40. The van der Waals surface area contributed by atoms with Crippen molar-refractivity contribution in [1.29, 1.82) is 0 Å². The summed E-state index contributed by atoms with van der Waals surface area (Å²) in [6.07, 6.45) is 7.13. The molecule has 3 rings (SSSR count). The molecule has 0 bridgehead atoms. The second-order valence-electron chi connectivity index (χ2n) is 5.69.